The molecule has 0 spiro atoms. The van der Waals surface area contributed by atoms with Gasteiger partial charge in [0.05, 0.1) is 6.61 Å². The minimum Gasteiger partial charge on any atom is -0.391 e. The first kappa shape index (κ1) is 12.8. The van der Waals surface area contributed by atoms with Gasteiger partial charge < -0.3 is 29.9 Å². The lowest BCUT2D eigenvalue weighted by atomic mass is 9.97. The van der Waals surface area contributed by atoms with Gasteiger partial charge in [-0.15, -0.1) is 0 Å². The summed E-state index contributed by atoms with van der Waals surface area (Å²) in [5.74, 6) is -1.62. The normalized spacial score (nSPS) is 41.8. The fraction of sp³-hybridized carbons (Fsp3) is 1.00. The molecule has 90 valence electrons. The van der Waals surface area contributed by atoms with Crippen molar-refractivity contribution in [3.63, 3.8) is 0 Å². The third kappa shape index (κ3) is 2.47. The van der Waals surface area contributed by atoms with Crippen molar-refractivity contribution in [3.8, 4) is 0 Å². The summed E-state index contributed by atoms with van der Waals surface area (Å²) in [6.07, 6.45) is -3.30. The van der Waals surface area contributed by atoms with Crippen LogP contribution in [-0.2, 0) is 9.47 Å². The Bertz CT molecular complexity index is 195. The Labute approximate surface area is 88.1 Å². The van der Waals surface area contributed by atoms with Crippen molar-refractivity contribution in [2.45, 2.75) is 37.4 Å². The second-order valence-corrected chi connectivity index (χ2v) is 3.63. The number of ether oxygens (including phenoxy) is 2. The Morgan fingerprint density at radius 2 is 2.07 bits per heavy atom. The van der Waals surface area contributed by atoms with Gasteiger partial charge in [-0.2, -0.15) is 0 Å². The first-order chi connectivity index (χ1) is 7.07. The molecule has 0 aromatic carbocycles. The molecule has 1 saturated heterocycles. The van der Waals surface area contributed by atoms with Crippen LogP contribution in [-0.4, -0.2) is 64.3 Å². The van der Waals surface area contributed by atoms with Gasteiger partial charge in [-0.05, 0) is 6.42 Å². The Kier molecular flexibility index (Phi) is 4.45. The lowest BCUT2D eigenvalue weighted by Crippen LogP contribution is -2.63. The zero-order chi connectivity index (χ0) is 11.5. The summed E-state index contributed by atoms with van der Waals surface area (Å²) in [6, 6.07) is 0. The molecule has 15 heavy (non-hydrogen) atoms. The smallest absolute Gasteiger partial charge is 0.221 e. The molecule has 0 aliphatic carbocycles. The van der Waals surface area contributed by atoms with Crippen LogP contribution in [0.4, 0.5) is 0 Å². The van der Waals surface area contributed by atoms with Crippen LogP contribution in [0.3, 0.4) is 0 Å². The Morgan fingerprint density at radius 1 is 1.40 bits per heavy atom. The van der Waals surface area contributed by atoms with Gasteiger partial charge >= 0.3 is 0 Å². The van der Waals surface area contributed by atoms with E-state index in [9.17, 15) is 15.3 Å². The summed E-state index contributed by atoms with van der Waals surface area (Å²) in [5, 5.41) is 37.5. The summed E-state index contributed by atoms with van der Waals surface area (Å²) in [4.78, 5) is 0. The molecular weight excluding hydrogens is 204 g/mol. The van der Waals surface area contributed by atoms with E-state index in [1.165, 1.54) is 0 Å². The van der Waals surface area contributed by atoms with Crippen LogP contribution in [0.1, 0.15) is 13.3 Å². The highest BCUT2D eigenvalue weighted by atomic mass is 16.7. The Morgan fingerprint density at radius 3 is 2.60 bits per heavy atom. The van der Waals surface area contributed by atoms with Crippen molar-refractivity contribution < 1.29 is 29.9 Å². The fourth-order valence-corrected chi connectivity index (χ4v) is 1.47. The van der Waals surface area contributed by atoms with Gasteiger partial charge in [-0.25, -0.2) is 0 Å². The largest absolute Gasteiger partial charge is 0.391 e. The van der Waals surface area contributed by atoms with Crippen molar-refractivity contribution in [2.24, 2.45) is 0 Å². The van der Waals surface area contributed by atoms with Crippen LogP contribution < -0.4 is 0 Å². The zero-order valence-corrected chi connectivity index (χ0v) is 8.67. The molecule has 4 atom stereocenters. The van der Waals surface area contributed by atoms with Gasteiger partial charge in [-0.1, -0.05) is 6.92 Å². The van der Waals surface area contributed by atoms with Gasteiger partial charge in [0.15, 0.2) is 0 Å². The minimum atomic E-state index is -1.62. The van der Waals surface area contributed by atoms with E-state index >= 15 is 0 Å². The highest BCUT2D eigenvalue weighted by molar-refractivity contribution is 4.92. The maximum absolute atomic E-state index is 9.67. The van der Waals surface area contributed by atoms with Crippen molar-refractivity contribution >= 4 is 0 Å². The van der Waals surface area contributed by atoms with E-state index in [1.54, 1.807) is 0 Å². The molecule has 0 amide bonds. The molecular formula is C9H18O6. The predicted molar refractivity (Wildman–Crippen MR) is 50.0 cm³/mol. The summed E-state index contributed by atoms with van der Waals surface area (Å²) in [6.45, 7) is 1.41. The summed E-state index contributed by atoms with van der Waals surface area (Å²) in [5.41, 5.74) is 0. The number of aliphatic hydroxyl groups excluding tert-OH is 4. The van der Waals surface area contributed by atoms with Crippen LogP contribution in [0, 0.1) is 0 Å². The van der Waals surface area contributed by atoms with Gasteiger partial charge in [-0.3, -0.25) is 0 Å². The van der Waals surface area contributed by atoms with Gasteiger partial charge in [0.25, 0.3) is 0 Å². The van der Waals surface area contributed by atoms with E-state index in [0.717, 1.165) is 0 Å². The van der Waals surface area contributed by atoms with Crippen molar-refractivity contribution in [3.05, 3.63) is 0 Å². The highest BCUT2D eigenvalue weighted by Gasteiger charge is 2.50. The number of hydrogen-bond donors (Lipinski definition) is 4. The summed E-state index contributed by atoms with van der Waals surface area (Å²) < 4.78 is 10.3. The van der Waals surface area contributed by atoms with E-state index < -0.39 is 30.7 Å². The molecule has 0 unspecified atom stereocenters. The maximum atomic E-state index is 9.67. The molecule has 1 rings (SSSR count). The quantitative estimate of drug-likeness (QED) is 0.448. The Hall–Kier alpha value is -0.240. The molecule has 1 fully saturated rings. The van der Waals surface area contributed by atoms with Crippen LogP contribution in [0.5, 0.6) is 0 Å². The number of rotatable bonds is 4. The minimum absolute atomic E-state index is 0.178. The number of hydrogen-bond acceptors (Lipinski definition) is 6. The highest BCUT2D eigenvalue weighted by Crippen LogP contribution is 2.27. The monoisotopic (exact) mass is 222 g/mol. The van der Waals surface area contributed by atoms with Gasteiger partial charge in [0.2, 0.25) is 5.79 Å². The van der Waals surface area contributed by atoms with Crippen molar-refractivity contribution in [2.75, 3.05) is 19.8 Å². The molecule has 0 aromatic heterocycles. The predicted octanol–water partition coefficient (Wildman–Crippen LogP) is -1.79. The SMILES string of the molecule is CCCO[C@]1(CO)OC[C@H](O)[C@@H](O)[C@@H]1O. The van der Waals surface area contributed by atoms with Crippen LogP contribution in [0.25, 0.3) is 0 Å². The third-order valence-electron chi connectivity index (χ3n) is 2.44. The summed E-state index contributed by atoms with van der Waals surface area (Å²) >= 11 is 0. The molecule has 0 saturated carbocycles. The standard InChI is InChI=1S/C9H18O6/c1-2-3-14-9(5-10)8(13)7(12)6(11)4-15-9/h6-8,10-13H,2-5H2,1H3/t6-,7+,8-,9+/m0/s1. The second kappa shape index (κ2) is 5.20. The van der Waals surface area contributed by atoms with Crippen LogP contribution in [0.15, 0.2) is 0 Å². The lowest BCUT2D eigenvalue weighted by Gasteiger charge is -2.43. The molecule has 4 N–H and O–H groups in total. The first-order valence-electron chi connectivity index (χ1n) is 5.00. The molecule has 1 aliphatic heterocycles. The first-order valence-corrected chi connectivity index (χ1v) is 5.00. The summed E-state index contributed by atoms with van der Waals surface area (Å²) in [7, 11) is 0. The van der Waals surface area contributed by atoms with Crippen LogP contribution in [0.2, 0.25) is 0 Å². The van der Waals surface area contributed by atoms with Crippen molar-refractivity contribution in [1.82, 2.24) is 0 Å². The average molecular weight is 222 g/mol. The molecule has 6 heteroatoms. The van der Waals surface area contributed by atoms with Gasteiger partial charge in [0, 0.05) is 6.61 Å². The molecule has 0 radical (unpaired) electrons. The van der Waals surface area contributed by atoms with E-state index in [1.807, 2.05) is 6.92 Å². The Balaban J connectivity index is 2.71. The fourth-order valence-electron chi connectivity index (χ4n) is 1.47. The second-order valence-electron chi connectivity index (χ2n) is 3.63. The third-order valence-corrected chi connectivity index (χ3v) is 2.44. The van der Waals surface area contributed by atoms with E-state index in [0.29, 0.717) is 13.0 Å². The van der Waals surface area contributed by atoms with E-state index in [4.69, 9.17) is 14.6 Å². The number of aliphatic hydroxyl groups is 4. The van der Waals surface area contributed by atoms with Crippen LogP contribution >= 0.6 is 0 Å². The van der Waals surface area contributed by atoms with Gasteiger partial charge in [0.1, 0.15) is 24.9 Å². The molecule has 0 aromatic rings. The zero-order valence-electron chi connectivity index (χ0n) is 8.67. The lowest BCUT2D eigenvalue weighted by molar-refractivity contribution is -0.348. The van der Waals surface area contributed by atoms with E-state index in [2.05, 4.69) is 0 Å². The average Bonchev–Trinajstić information content (AvgIpc) is 2.26. The molecule has 1 aliphatic rings. The maximum Gasteiger partial charge on any atom is 0.221 e. The van der Waals surface area contributed by atoms with E-state index in [-0.39, 0.29) is 6.61 Å². The molecule has 0 bridgehead atoms. The molecule has 1 heterocycles. The van der Waals surface area contributed by atoms with Crippen molar-refractivity contribution in [1.29, 1.82) is 0 Å². The topological polar surface area (TPSA) is 99.4 Å². The molecule has 6 nitrogen and oxygen atoms in total.